The van der Waals surface area contributed by atoms with Crippen molar-refractivity contribution in [1.82, 2.24) is 4.98 Å². The second kappa shape index (κ2) is 13.2. The van der Waals surface area contributed by atoms with Crippen LogP contribution in [0.15, 0.2) is 108 Å². The number of imide groups is 1. The second-order valence-electron chi connectivity index (χ2n) is 12.7. The monoisotopic (exact) mass is 643 g/mol. The summed E-state index contributed by atoms with van der Waals surface area (Å²) >= 11 is 0. The molecule has 3 aliphatic rings. The number of phenolic OH excluding ortho intramolecular Hbond substituents is 1. The molecular weight excluding hydrogens is 608 g/mol. The Bertz CT molecular complexity index is 1900. The summed E-state index contributed by atoms with van der Waals surface area (Å²) in [5, 5.41) is 23.9. The molecule has 2 amide bonds. The third-order valence-electron chi connectivity index (χ3n) is 9.62. The van der Waals surface area contributed by atoms with Gasteiger partial charge in [0.15, 0.2) is 11.6 Å². The standard InChI is InChI=1S/C38H35BFN3O5/c1-23-19-29-36(38(46)43(37(29)45)28-14-12-27(13-15-28)42-26-7-3-2-4-8-26)30-22-39(47)48-34(35(23)30)17-11-25(32-9-5-6-18-41-32)20-24-10-16-33(44)31(40)21-24/h2-10,12-16,18,20-21,29-30,34,36,42,44,47H,11,17,19,22H2,1H3/b25-20-/t29-,30+,34-,36-/m1/s1. The summed E-state index contributed by atoms with van der Waals surface area (Å²) in [6.07, 6.45) is 4.66. The number of nitrogens with one attached hydrogen (secondary N) is 1. The first-order valence-corrected chi connectivity index (χ1v) is 16.2. The van der Waals surface area contributed by atoms with Crippen LogP contribution in [-0.4, -0.2) is 40.2 Å². The average molecular weight is 644 g/mol. The first-order valence-electron chi connectivity index (χ1n) is 16.2. The van der Waals surface area contributed by atoms with Crippen LogP contribution in [0.5, 0.6) is 5.75 Å². The molecule has 3 heterocycles. The number of carbonyl (C=O) groups excluding carboxylic acids is 2. The lowest BCUT2D eigenvalue weighted by Crippen LogP contribution is -2.46. The topological polar surface area (TPSA) is 112 Å². The van der Waals surface area contributed by atoms with Crippen LogP contribution in [0, 0.1) is 23.6 Å². The van der Waals surface area contributed by atoms with Gasteiger partial charge in [0.2, 0.25) is 11.8 Å². The maximum Gasteiger partial charge on any atom is 0.455 e. The van der Waals surface area contributed by atoms with Gasteiger partial charge in [-0.3, -0.25) is 19.5 Å². The van der Waals surface area contributed by atoms with Gasteiger partial charge in [0.05, 0.1) is 29.3 Å². The van der Waals surface area contributed by atoms with Gasteiger partial charge in [-0.15, -0.1) is 0 Å². The fourth-order valence-corrected chi connectivity index (χ4v) is 7.48. The van der Waals surface area contributed by atoms with Crippen LogP contribution in [0.1, 0.15) is 37.4 Å². The van der Waals surface area contributed by atoms with Gasteiger partial charge >= 0.3 is 7.12 Å². The molecule has 0 saturated carbocycles. The van der Waals surface area contributed by atoms with Gasteiger partial charge in [-0.1, -0.05) is 35.9 Å². The molecule has 0 unspecified atom stereocenters. The van der Waals surface area contributed by atoms with Crippen molar-refractivity contribution in [2.24, 2.45) is 17.8 Å². The van der Waals surface area contributed by atoms with Crippen LogP contribution in [-0.2, 0) is 14.2 Å². The summed E-state index contributed by atoms with van der Waals surface area (Å²) < 4.78 is 20.3. The Morgan fingerprint density at radius 2 is 1.75 bits per heavy atom. The number of pyridine rings is 1. The van der Waals surface area contributed by atoms with E-state index < -0.39 is 36.6 Å². The Hall–Kier alpha value is -5.06. The Morgan fingerprint density at radius 1 is 1.00 bits per heavy atom. The van der Waals surface area contributed by atoms with E-state index in [0.29, 0.717) is 36.2 Å². The number of rotatable bonds is 8. The van der Waals surface area contributed by atoms with Crippen molar-refractivity contribution in [2.45, 2.75) is 38.6 Å². The largest absolute Gasteiger partial charge is 0.505 e. The molecule has 7 rings (SSSR count). The highest BCUT2D eigenvalue weighted by atomic mass is 19.1. The predicted molar refractivity (Wildman–Crippen MR) is 184 cm³/mol. The van der Waals surface area contributed by atoms with E-state index in [1.165, 1.54) is 17.0 Å². The van der Waals surface area contributed by atoms with Crippen LogP contribution in [0.3, 0.4) is 0 Å². The molecule has 3 aromatic carbocycles. The molecule has 8 nitrogen and oxygen atoms in total. The molecule has 2 saturated heterocycles. The number of para-hydroxylation sites is 1. The second-order valence-corrected chi connectivity index (χ2v) is 12.7. The first-order chi connectivity index (χ1) is 23.3. The number of allylic oxidation sites excluding steroid dienone is 2. The number of anilines is 3. The predicted octanol–water partition coefficient (Wildman–Crippen LogP) is 7.01. The fraction of sp³-hybridized carbons (Fsp3) is 0.237. The lowest BCUT2D eigenvalue weighted by Gasteiger charge is -2.42. The molecule has 2 aliphatic heterocycles. The Labute approximate surface area is 278 Å². The Kier molecular flexibility index (Phi) is 8.68. The number of hydrogen-bond donors (Lipinski definition) is 3. The number of benzene rings is 3. The summed E-state index contributed by atoms with van der Waals surface area (Å²) in [4.78, 5) is 33.7. The van der Waals surface area contributed by atoms with E-state index in [2.05, 4.69) is 10.3 Å². The molecule has 48 heavy (non-hydrogen) atoms. The molecule has 3 N–H and O–H groups in total. The minimum absolute atomic E-state index is 0.216. The molecule has 2 fully saturated rings. The van der Waals surface area contributed by atoms with Gasteiger partial charge in [-0.25, -0.2) is 4.39 Å². The van der Waals surface area contributed by atoms with E-state index in [1.807, 2.05) is 73.7 Å². The molecule has 0 radical (unpaired) electrons. The smallest absolute Gasteiger partial charge is 0.455 e. The molecule has 0 spiro atoms. The summed E-state index contributed by atoms with van der Waals surface area (Å²) in [6, 6.07) is 26.8. The number of aromatic hydroxyl groups is 1. The minimum Gasteiger partial charge on any atom is -0.505 e. The van der Waals surface area contributed by atoms with Gasteiger partial charge in [-0.05, 0) is 122 Å². The van der Waals surface area contributed by atoms with Crippen molar-refractivity contribution in [3.05, 3.63) is 125 Å². The fourth-order valence-electron chi connectivity index (χ4n) is 7.48. The van der Waals surface area contributed by atoms with Gasteiger partial charge in [0, 0.05) is 17.6 Å². The number of amides is 2. The van der Waals surface area contributed by atoms with Gasteiger partial charge in [0.1, 0.15) is 0 Å². The van der Waals surface area contributed by atoms with Crippen molar-refractivity contribution in [3.63, 3.8) is 0 Å². The number of carbonyl (C=O) groups is 2. The van der Waals surface area contributed by atoms with Crippen LogP contribution in [0.4, 0.5) is 21.5 Å². The van der Waals surface area contributed by atoms with Crippen molar-refractivity contribution in [1.29, 1.82) is 0 Å². The maximum atomic E-state index is 14.2. The molecule has 0 bridgehead atoms. The highest BCUT2D eigenvalue weighted by Crippen LogP contribution is 2.51. The number of hydrogen-bond acceptors (Lipinski definition) is 7. The molecular formula is C38H35BFN3O5. The van der Waals surface area contributed by atoms with Crippen LogP contribution in [0.2, 0.25) is 6.32 Å². The highest BCUT2D eigenvalue weighted by molar-refractivity contribution is 6.43. The zero-order valence-electron chi connectivity index (χ0n) is 26.4. The van der Waals surface area contributed by atoms with Crippen LogP contribution < -0.4 is 10.2 Å². The molecule has 4 aromatic rings. The molecule has 10 heteroatoms. The number of aromatic nitrogens is 1. The summed E-state index contributed by atoms with van der Waals surface area (Å²) in [6.45, 7) is 1.99. The third-order valence-corrected chi connectivity index (χ3v) is 9.62. The van der Waals surface area contributed by atoms with Crippen LogP contribution in [0.25, 0.3) is 11.6 Å². The maximum absolute atomic E-state index is 14.2. The lowest BCUT2D eigenvalue weighted by molar-refractivity contribution is -0.122. The minimum atomic E-state index is -1.09. The van der Waals surface area contributed by atoms with E-state index in [9.17, 15) is 24.1 Å². The van der Waals surface area contributed by atoms with Crippen molar-refractivity contribution in [3.8, 4) is 5.75 Å². The van der Waals surface area contributed by atoms with E-state index in [-0.39, 0.29) is 24.1 Å². The van der Waals surface area contributed by atoms with E-state index in [1.54, 1.807) is 24.4 Å². The average Bonchev–Trinajstić information content (AvgIpc) is 3.34. The number of fused-ring (bicyclic) bond motifs is 3. The Balaban J connectivity index is 1.12. The highest BCUT2D eigenvalue weighted by Gasteiger charge is 2.57. The van der Waals surface area contributed by atoms with Crippen molar-refractivity contribution in [2.75, 3.05) is 10.2 Å². The lowest BCUT2D eigenvalue weighted by atomic mass is 9.58. The zero-order valence-corrected chi connectivity index (χ0v) is 26.4. The normalized spacial score (nSPS) is 22.5. The van der Waals surface area contributed by atoms with Crippen molar-refractivity contribution >= 4 is 47.6 Å². The van der Waals surface area contributed by atoms with Crippen molar-refractivity contribution < 1.29 is 28.8 Å². The van der Waals surface area contributed by atoms with E-state index >= 15 is 0 Å². The van der Waals surface area contributed by atoms with Gasteiger partial charge in [0.25, 0.3) is 0 Å². The number of halogens is 1. The summed E-state index contributed by atoms with van der Waals surface area (Å²) in [7, 11) is -1.09. The molecule has 1 aliphatic carbocycles. The first kappa shape index (κ1) is 31.5. The molecule has 242 valence electrons. The van der Waals surface area contributed by atoms with Crippen LogP contribution >= 0.6 is 0 Å². The molecule has 1 aromatic heterocycles. The summed E-state index contributed by atoms with van der Waals surface area (Å²) in [5.74, 6) is -3.04. The summed E-state index contributed by atoms with van der Waals surface area (Å²) in [5.41, 5.74) is 6.40. The Morgan fingerprint density at radius 3 is 2.48 bits per heavy atom. The van der Waals surface area contributed by atoms with E-state index in [0.717, 1.165) is 28.1 Å². The van der Waals surface area contributed by atoms with E-state index in [4.69, 9.17) is 4.65 Å². The molecule has 4 atom stereocenters. The van der Waals surface area contributed by atoms with Gasteiger partial charge < -0.3 is 20.1 Å². The number of phenols is 1. The SMILES string of the molecule is CC1=C2[C@@H](CC/C(=C/c3ccc(O)c(F)c3)c3ccccn3)OB(O)C[C@@H]2[C@@H]2C(=O)N(c3ccc(Nc4ccccc4)cc3)C(=O)[C@@H]2C1. The van der Waals surface area contributed by atoms with Gasteiger partial charge in [-0.2, -0.15) is 0 Å². The third kappa shape index (κ3) is 6.16. The quantitative estimate of drug-likeness (QED) is 0.108. The zero-order chi connectivity index (χ0) is 33.4. The number of nitrogens with zero attached hydrogens (tertiary/aromatic N) is 2.